The molecule has 0 saturated heterocycles. The molecule has 0 unspecified atom stereocenters. The smallest absolute Gasteiger partial charge is 0.264 e. The highest BCUT2D eigenvalue weighted by atomic mass is 32.1. The summed E-state index contributed by atoms with van der Waals surface area (Å²) >= 11 is 1.47. The van der Waals surface area contributed by atoms with Gasteiger partial charge in [-0.1, -0.05) is 48.6 Å². The van der Waals surface area contributed by atoms with Gasteiger partial charge in [-0.3, -0.25) is 10.1 Å². The number of rotatable bonds is 5. The maximum atomic E-state index is 12.1. The zero-order valence-electron chi connectivity index (χ0n) is 13.1. The third-order valence-electron chi connectivity index (χ3n) is 3.58. The Morgan fingerprint density at radius 2 is 2.04 bits per heavy atom. The van der Waals surface area contributed by atoms with Gasteiger partial charge in [0.2, 0.25) is 0 Å². The zero-order chi connectivity index (χ0) is 16.2. The van der Waals surface area contributed by atoms with Crippen LogP contribution in [-0.4, -0.2) is 17.5 Å². The fraction of sp³-hybridized carbons (Fsp3) is 0.222. The molecule has 0 bridgehead atoms. The minimum Gasteiger partial charge on any atom is -0.483 e. The van der Waals surface area contributed by atoms with E-state index in [1.54, 1.807) is 0 Å². The number of amides is 1. The lowest BCUT2D eigenvalue weighted by Crippen LogP contribution is -2.20. The van der Waals surface area contributed by atoms with Crippen LogP contribution in [0.5, 0.6) is 5.75 Å². The predicted molar refractivity (Wildman–Crippen MR) is 94.3 cm³/mol. The Bertz CT molecular complexity index is 842. The van der Waals surface area contributed by atoms with E-state index in [2.05, 4.69) is 17.2 Å². The first-order valence-corrected chi connectivity index (χ1v) is 8.35. The number of ether oxygens (including phenoxy) is 1. The summed E-state index contributed by atoms with van der Waals surface area (Å²) in [5.41, 5.74) is 3.13. The van der Waals surface area contributed by atoms with Gasteiger partial charge in [0.1, 0.15) is 5.75 Å². The second-order valence-corrected chi connectivity index (χ2v) is 6.27. The lowest BCUT2D eigenvalue weighted by molar-refractivity contribution is -0.118. The van der Waals surface area contributed by atoms with Crippen molar-refractivity contribution in [1.82, 2.24) is 4.98 Å². The van der Waals surface area contributed by atoms with Crippen LogP contribution >= 0.6 is 11.3 Å². The number of carbonyl (C=O) groups is 1. The van der Waals surface area contributed by atoms with Crippen LogP contribution in [0.2, 0.25) is 0 Å². The van der Waals surface area contributed by atoms with E-state index in [0.29, 0.717) is 5.13 Å². The average Bonchev–Trinajstić information content (AvgIpc) is 2.97. The third-order valence-corrected chi connectivity index (χ3v) is 4.52. The molecule has 1 amide bonds. The van der Waals surface area contributed by atoms with Gasteiger partial charge >= 0.3 is 0 Å². The number of aryl methyl sites for hydroxylation is 2. The van der Waals surface area contributed by atoms with E-state index in [1.807, 2.05) is 49.4 Å². The van der Waals surface area contributed by atoms with Crippen LogP contribution in [0, 0.1) is 6.92 Å². The van der Waals surface area contributed by atoms with Crippen LogP contribution in [0.25, 0.3) is 10.2 Å². The van der Waals surface area contributed by atoms with Gasteiger partial charge in [-0.05, 0) is 36.6 Å². The summed E-state index contributed by atoms with van der Waals surface area (Å²) < 4.78 is 6.69. The second-order valence-electron chi connectivity index (χ2n) is 5.24. The van der Waals surface area contributed by atoms with Gasteiger partial charge in [0.15, 0.2) is 11.7 Å². The van der Waals surface area contributed by atoms with E-state index in [4.69, 9.17) is 4.74 Å². The van der Waals surface area contributed by atoms with Crippen LogP contribution in [0.1, 0.15) is 18.1 Å². The molecule has 0 atom stereocenters. The monoisotopic (exact) mass is 326 g/mol. The molecular weight excluding hydrogens is 308 g/mol. The molecule has 0 aliphatic rings. The molecule has 23 heavy (non-hydrogen) atoms. The maximum absolute atomic E-state index is 12.1. The van der Waals surface area contributed by atoms with Crippen LogP contribution in [0.15, 0.2) is 42.5 Å². The molecule has 0 aliphatic carbocycles. The normalized spacial score (nSPS) is 10.7. The first-order valence-electron chi connectivity index (χ1n) is 7.54. The van der Waals surface area contributed by atoms with Crippen molar-refractivity contribution in [3.05, 3.63) is 53.6 Å². The molecule has 1 heterocycles. The molecule has 3 rings (SSSR count). The van der Waals surface area contributed by atoms with Crippen LogP contribution in [0.3, 0.4) is 0 Å². The Morgan fingerprint density at radius 1 is 1.22 bits per heavy atom. The largest absolute Gasteiger partial charge is 0.483 e. The number of nitrogens with one attached hydrogen (secondary N) is 1. The van der Waals surface area contributed by atoms with Crippen LogP contribution in [-0.2, 0) is 11.2 Å². The SMILES string of the molecule is CCc1ccccc1OCC(=O)Nc1nc2c(C)cccc2s1. The van der Waals surface area contributed by atoms with E-state index in [9.17, 15) is 4.79 Å². The quantitative estimate of drug-likeness (QED) is 0.765. The summed E-state index contributed by atoms with van der Waals surface area (Å²) in [5, 5.41) is 3.41. The Labute approximate surface area is 139 Å². The Hall–Kier alpha value is -2.40. The molecule has 2 aromatic carbocycles. The number of aromatic nitrogens is 1. The topological polar surface area (TPSA) is 51.2 Å². The van der Waals surface area contributed by atoms with Gasteiger partial charge in [-0.15, -0.1) is 0 Å². The Morgan fingerprint density at radius 3 is 2.83 bits per heavy atom. The lowest BCUT2D eigenvalue weighted by atomic mass is 10.1. The highest BCUT2D eigenvalue weighted by molar-refractivity contribution is 7.22. The number of anilines is 1. The van der Waals surface area contributed by atoms with Gasteiger partial charge < -0.3 is 4.74 Å². The summed E-state index contributed by atoms with van der Waals surface area (Å²) in [6.07, 6.45) is 0.870. The van der Waals surface area contributed by atoms with Crippen molar-refractivity contribution in [2.75, 3.05) is 11.9 Å². The molecule has 1 aromatic heterocycles. The molecule has 3 aromatic rings. The number of para-hydroxylation sites is 2. The van der Waals surface area contributed by atoms with Gasteiger partial charge in [-0.25, -0.2) is 4.98 Å². The number of nitrogens with zero attached hydrogens (tertiary/aromatic N) is 1. The highest BCUT2D eigenvalue weighted by Crippen LogP contribution is 2.27. The highest BCUT2D eigenvalue weighted by Gasteiger charge is 2.10. The van der Waals surface area contributed by atoms with Crippen molar-refractivity contribution in [3.63, 3.8) is 0 Å². The molecule has 5 heteroatoms. The lowest BCUT2D eigenvalue weighted by Gasteiger charge is -2.09. The van der Waals surface area contributed by atoms with Crippen LogP contribution in [0.4, 0.5) is 5.13 Å². The van der Waals surface area contributed by atoms with E-state index in [-0.39, 0.29) is 12.5 Å². The number of fused-ring (bicyclic) bond motifs is 1. The maximum Gasteiger partial charge on any atom is 0.264 e. The molecule has 0 aliphatic heterocycles. The van der Waals surface area contributed by atoms with Gasteiger partial charge in [0.05, 0.1) is 10.2 Å². The third kappa shape index (κ3) is 3.51. The van der Waals surface area contributed by atoms with E-state index in [0.717, 1.165) is 33.5 Å². The van der Waals surface area contributed by atoms with E-state index < -0.39 is 0 Å². The Kier molecular flexibility index (Phi) is 4.57. The molecular formula is C18H18N2O2S. The summed E-state index contributed by atoms with van der Waals surface area (Å²) in [6.45, 7) is 4.05. The Balaban J connectivity index is 1.65. The van der Waals surface area contributed by atoms with Gasteiger partial charge in [0, 0.05) is 0 Å². The summed E-state index contributed by atoms with van der Waals surface area (Å²) in [5.74, 6) is 0.554. The zero-order valence-corrected chi connectivity index (χ0v) is 13.9. The second kappa shape index (κ2) is 6.79. The fourth-order valence-electron chi connectivity index (χ4n) is 2.38. The van der Waals surface area contributed by atoms with Gasteiger partial charge in [-0.2, -0.15) is 0 Å². The van der Waals surface area contributed by atoms with Gasteiger partial charge in [0.25, 0.3) is 5.91 Å². The van der Waals surface area contributed by atoms with Crippen molar-refractivity contribution in [1.29, 1.82) is 0 Å². The molecule has 0 spiro atoms. The molecule has 1 N–H and O–H groups in total. The van der Waals surface area contributed by atoms with Crippen molar-refractivity contribution < 1.29 is 9.53 Å². The van der Waals surface area contributed by atoms with Crippen molar-refractivity contribution in [3.8, 4) is 5.75 Å². The molecule has 118 valence electrons. The standard InChI is InChI=1S/C18H18N2O2S/c1-3-13-8-4-5-9-14(13)22-11-16(21)19-18-20-17-12(2)7-6-10-15(17)23-18/h4-10H,3,11H2,1-2H3,(H,19,20,21). The van der Waals surface area contributed by atoms with Crippen molar-refractivity contribution in [2.45, 2.75) is 20.3 Å². The number of hydrogen-bond donors (Lipinski definition) is 1. The molecule has 0 saturated carbocycles. The molecule has 0 radical (unpaired) electrons. The minimum absolute atomic E-state index is 0.0219. The molecule has 4 nitrogen and oxygen atoms in total. The first-order chi connectivity index (χ1) is 11.2. The number of hydrogen-bond acceptors (Lipinski definition) is 4. The summed E-state index contributed by atoms with van der Waals surface area (Å²) in [7, 11) is 0. The van der Waals surface area contributed by atoms with Crippen LogP contribution < -0.4 is 10.1 Å². The van der Waals surface area contributed by atoms with Crippen molar-refractivity contribution >= 4 is 32.6 Å². The number of carbonyl (C=O) groups excluding carboxylic acids is 1. The number of thiazole rings is 1. The van der Waals surface area contributed by atoms with E-state index in [1.165, 1.54) is 11.3 Å². The predicted octanol–water partition coefficient (Wildman–Crippen LogP) is 4.18. The number of benzene rings is 2. The summed E-state index contributed by atoms with van der Waals surface area (Å²) in [6, 6.07) is 13.8. The minimum atomic E-state index is -0.201. The van der Waals surface area contributed by atoms with E-state index >= 15 is 0 Å². The average molecular weight is 326 g/mol. The first kappa shape index (κ1) is 15.5. The molecule has 0 fully saturated rings. The van der Waals surface area contributed by atoms with Crippen molar-refractivity contribution in [2.24, 2.45) is 0 Å². The fourth-order valence-corrected chi connectivity index (χ4v) is 3.34. The summed E-state index contributed by atoms with van der Waals surface area (Å²) in [4.78, 5) is 16.5.